The molecule has 0 radical (unpaired) electrons. The topological polar surface area (TPSA) is 70.1 Å². The number of benzene rings is 1. The van der Waals surface area contributed by atoms with E-state index in [1.54, 1.807) is 18.2 Å². The largest absolute Gasteiger partial charge is 0.421 e. The predicted molar refractivity (Wildman–Crippen MR) is 71.4 cm³/mol. The second-order valence-corrected chi connectivity index (χ2v) is 4.44. The van der Waals surface area contributed by atoms with Crippen LogP contribution in [0.3, 0.4) is 0 Å². The normalized spacial score (nSPS) is 10.3. The van der Waals surface area contributed by atoms with Gasteiger partial charge in [-0.1, -0.05) is 12.1 Å². The van der Waals surface area contributed by atoms with Crippen LogP contribution in [0.1, 0.15) is 17.4 Å². The van der Waals surface area contributed by atoms with Crippen LogP contribution in [0, 0.1) is 0 Å². The van der Waals surface area contributed by atoms with Gasteiger partial charge in [-0.15, -0.1) is 0 Å². The zero-order valence-corrected chi connectivity index (χ0v) is 11.3. The van der Waals surface area contributed by atoms with Crippen LogP contribution in [-0.4, -0.2) is 15.7 Å². The van der Waals surface area contributed by atoms with Crippen LogP contribution >= 0.6 is 15.9 Å². The predicted octanol–water partition coefficient (Wildman–Crippen LogP) is 2.47. The molecule has 0 aliphatic heterocycles. The lowest BCUT2D eigenvalue weighted by atomic mass is 10.3. The Labute approximate surface area is 113 Å². The lowest BCUT2D eigenvalue weighted by molar-refractivity contribution is 0.0720. The van der Waals surface area contributed by atoms with E-state index in [-0.39, 0.29) is 0 Å². The molecule has 0 atom stereocenters. The average molecular weight is 310 g/mol. The van der Waals surface area contributed by atoms with Crippen LogP contribution in [0.2, 0.25) is 0 Å². The molecule has 6 heteroatoms. The maximum atomic E-state index is 12.0. The monoisotopic (exact) mass is 309 g/mol. The van der Waals surface area contributed by atoms with E-state index < -0.39 is 5.97 Å². The molecule has 2 aromatic rings. The minimum absolute atomic E-state index is 0.302. The molecule has 0 saturated carbocycles. The summed E-state index contributed by atoms with van der Waals surface area (Å²) in [6.07, 6.45) is 0. The molecule has 1 aromatic carbocycles. The lowest BCUT2D eigenvalue weighted by Crippen LogP contribution is -2.15. The van der Waals surface area contributed by atoms with Crippen molar-refractivity contribution in [3.63, 3.8) is 0 Å². The van der Waals surface area contributed by atoms with Gasteiger partial charge in [0.25, 0.3) is 0 Å². The Morgan fingerprint density at radius 2 is 2.22 bits per heavy atom. The number of ether oxygens (including phenoxy) is 1. The maximum Gasteiger partial charge on any atom is 0.362 e. The molecule has 0 fully saturated rings. The molecule has 18 heavy (non-hydrogen) atoms. The third-order valence-corrected chi connectivity index (χ3v) is 3.00. The highest BCUT2D eigenvalue weighted by molar-refractivity contribution is 9.10. The first-order valence-electron chi connectivity index (χ1n) is 5.42. The lowest BCUT2D eigenvalue weighted by Gasteiger charge is -2.06. The van der Waals surface area contributed by atoms with Gasteiger partial charge in [0.2, 0.25) is 0 Å². The van der Waals surface area contributed by atoms with Crippen LogP contribution < -0.4 is 10.5 Å². The number of nitrogen functional groups attached to an aromatic ring is 1. The Balaban J connectivity index is 2.25. The number of rotatable bonds is 3. The van der Waals surface area contributed by atoms with Gasteiger partial charge in [0, 0.05) is 12.6 Å². The van der Waals surface area contributed by atoms with Crippen molar-refractivity contribution in [2.45, 2.75) is 13.5 Å². The number of esters is 1. The molecule has 0 spiro atoms. The summed E-state index contributed by atoms with van der Waals surface area (Å²) in [7, 11) is 0. The third kappa shape index (κ3) is 2.53. The Morgan fingerprint density at radius 3 is 2.89 bits per heavy atom. The summed E-state index contributed by atoms with van der Waals surface area (Å²) in [6.45, 7) is 2.43. The van der Waals surface area contributed by atoms with E-state index >= 15 is 0 Å². The molecular formula is C12H12BrN3O2. The maximum absolute atomic E-state index is 12.0. The van der Waals surface area contributed by atoms with Gasteiger partial charge in [-0.25, -0.2) is 4.79 Å². The van der Waals surface area contributed by atoms with Crippen LogP contribution in [0.15, 0.2) is 34.8 Å². The van der Waals surface area contributed by atoms with Crippen molar-refractivity contribution < 1.29 is 9.53 Å². The summed E-state index contributed by atoms with van der Waals surface area (Å²) in [5, 5.41) is 4.00. The second kappa shape index (κ2) is 5.22. The Morgan fingerprint density at radius 1 is 1.50 bits per heavy atom. The number of anilines is 1. The molecule has 1 heterocycles. The zero-order chi connectivity index (χ0) is 13.1. The number of aryl methyl sites for hydroxylation is 1. The average Bonchev–Trinajstić information content (AvgIpc) is 2.73. The number of carbonyl (C=O) groups excluding carboxylic acids is 1. The van der Waals surface area contributed by atoms with E-state index in [4.69, 9.17) is 10.5 Å². The summed E-state index contributed by atoms with van der Waals surface area (Å²) in [5.74, 6) is 0.286. The van der Waals surface area contributed by atoms with Gasteiger partial charge < -0.3 is 10.5 Å². The second-order valence-electron chi connectivity index (χ2n) is 3.59. The van der Waals surface area contributed by atoms with Gasteiger partial charge in [-0.05, 0) is 35.0 Å². The summed E-state index contributed by atoms with van der Waals surface area (Å²) in [5.41, 5.74) is 5.91. The van der Waals surface area contributed by atoms with Gasteiger partial charge in [0.15, 0.2) is 0 Å². The van der Waals surface area contributed by atoms with Gasteiger partial charge >= 0.3 is 5.97 Å². The highest BCUT2D eigenvalue weighted by Crippen LogP contribution is 2.24. The Hall–Kier alpha value is -1.82. The van der Waals surface area contributed by atoms with E-state index in [1.165, 1.54) is 10.7 Å². The fourth-order valence-electron chi connectivity index (χ4n) is 1.52. The van der Waals surface area contributed by atoms with E-state index in [1.807, 2.05) is 13.0 Å². The summed E-state index contributed by atoms with van der Waals surface area (Å²) >= 11 is 3.31. The fourth-order valence-corrected chi connectivity index (χ4v) is 1.89. The number of hydrogen-bond acceptors (Lipinski definition) is 4. The number of nitrogens with two attached hydrogens (primary N) is 1. The van der Waals surface area contributed by atoms with Crippen molar-refractivity contribution in [1.29, 1.82) is 0 Å². The zero-order valence-electron chi connectivity index (χ0n) is 9.76. The number of nitrogens with zero attached hydrogens (tertiary/aromatic N) is 2. The van der Waals surface area contributed by atoms with Crippen molar-refractivity contribution in [1.82, 2.24) is 9.78 Å². The van der Waals surface area contributed by atoms with Crippen LogP contribution in [0.25, 0.3) is 0 Å². The first-order valence-corrected chi connectivity index (χ1v) is 6.21. The highest BCUT2D eigenvalue weighted by atomic mass is 79.9. The molecule has 0 aliphatic rings. The van der Waals surface area contributed by atoms with Crippen LogP contribution in [0.4, 0.5) is 5.82 Å². The molecule has 5 nitrogen and oxygen atoms in total. The van der Waals surface area contributed by atoms with E-state index in [9.17, 15) is 4.79 Å². The van der Waals surface area contributed by atoms with Crippen LogP contribution in [-0.2, 0) is 6.54 Å². The summed E-state index contributed by atoms with van der Waals surface area (Å²) < 4.78 is 7.51. The molecule has 94 valence electrons. The van der Waals surface area contributed by atoms with E-state index in [2.05, 4.69) is 21.0 Å². The highest BCUT2D eigenvalue weighted by Gasteiger charge is 2.16. The van der Waals surface area contributed by atoms with Crippen molar-refractivity contribution in [3.8, 4) is 5.75 Å². The minimum atomic E-state index is -0.479. The Bertz CT molecular complexity index is 580. The first kappa shape index (κ1) is 12.6. The molecule has 1 aromatic heterocycles. The molecule has 0 bridgehead atoms. The molecular weight excluding hydrogens is 298 g/mol. The SMILES string of the molecule is CCn1nc(N)cc1C(=O)Oc1ccccc1Br. The van der Waals surface area contributed by atoms with E-state index in [0.29, 0.717) is 28.3 Å². The summed E-state index contributed by atoms with van der Waals surface area (Å²) in [6, 6.07) is 8.64. The van der Waals surface area contributed by atoms with Gasteiger partial charge in [-0.3, -0.25) is 4.68 Å². The quantitative estimate of drug-likeness (QED) is 0.698. The van der Waals surface area contributed by atoms with E-state index in [0.717, 1.165) is 0 Å². The number of hydrogen-bond donors (Lipinski definition) is 1. The van der Waals surface area contributed by atoms with Crippen molar-refractivity contribution in [2.24, 2.45) is 0 Å². The Kier molecular flexibility index (Phi) is 3.66. The minimum Gasteiger partial charge on any atom is -0.421 e. The van der Waals surface area contributed by atoms with Gasteiger partial charge in [-0.2, -0.15) is 5.10 Å². The van der Waals surface area contributed by atoms with Crippen molar-refractivity contribution >= 4 is 27.7 Å². The standard InChI is InChI=1S/C12H12BrN3O2/c1-2-16-9(7-11(14)15-16)12(17)18-10-6-4-3-5-8(10)13/h3-7H,2H2,1H3,(H2,14,15). The van der Waals surface area contributed by atoms with Gasteiger partial charge in [0.05, 0.1) is 4.47 Å². The smallest absolute Gasteiger partial charge is 0.362 e. The molecule has 2 rings (SSSR count). The number of aromatic nitrogens is 2. The number of halogens is 1. The fraction of sp³-hybridized carbons (Fsp3) is 0.167. The van der Waals surface area contributed by atoms with Crippen LogP contribution in [0.5, 0.6) is 5.75 Å². The molecule has 0 saturated heterocycles. The number of carbonyl (C=O) groups is 1. The van der Waals surface area contributed by atoms with Crippen molar-refractivity contribution in [3.05, 3.63) is 40.5 Å². The summed E-state index contributed by atoms with van der Waals surface area (Å²) in [4.78, 5) is 12.0. The first-order chi connectivity index (χ1) is 8.61. The molecule has 0 aliphatic carbocycles. The molecule has 0 unspecified atom stereocenters. The van der Waals surface area contributed by atoms with Crippen molar-refractivity contribution in [2.75, 3.05) is 5.73 Å². The van der Waals surface area contributed by atoms with Gasteiger partial charge in [0.1, 0.15) is 17.3 Å². The molecule has 0 amide bonds. The molecule has 2 N–H and O–H groups in total. The third-order valence-electron chi connectivity index (χ3n) is 2.35. The number of para-hydroxylation sites is 1.